The van der Waals surface area contributed by atoms with Gasteiger partial charge in [0.25, 0.3) is 0 Å². The minimum Gasteiger partial charge on any atom is -0.0622 e. The molecule has 0 unspecified atom stereocenters. The lowest BCUT2D eigenvalue weighted by Gasteiger charge is -2.21. The lowest BCUT2D eigenvalue weighted by atomic mass is 9.81. The van der Waals surface area contributed by atoms with Crippen molar-refractivity contribution in [2.24, 2.45) is 0 Å². The summed E-state index contributed by atoms with van der Waals surface area (Å²) in [5.74, 6) is 0. The van der Waals surface area contributed by atoms with Gasteiger partial charge in [0.15, 0.2) is 0 Å². The molecule has 0 bridgehead atoms. The normalized spacial score (nSPS) is 11.8. The van der Waals surface area contributed by atoms with Gasteiger partial charge in [-0.05, 0) is 105 Å². The molecule has 0 fully saturated rings. The molecule has 0 N–H and O–H groups in total. The third kappa shape index (κ3) is 3.68. The summed E-state index contributed by atoms with van der Waals surface area (Å²) >= 11 is 0. The number of hydrogen-bond acceptors (Lipinski definition) is 0. The molecule has 8 rings (SSSR count). The van der Waals surface area contributed by atoms with Crippen molar-refractivity contribution in [2.45, 2.75) is 27.7 Å². The maximum atomic E-state index is 2.38. The van der Waals surface area contributed by atoms with E-state index in [-0.39, 0.29) is 0 Å². The van der Waals surface area contributed by atoms with Crippen molar-refractivity contribution in [3.63, 3.8) is 0 Å². The van der Waals surface area contributed by atoms with Gasteiger partial charge in [-0.15, -0.1) is 0 Å². The Labute approximate surface area is 247 Å². The highest BCUT2D eigenvalue weighted by atomic mass is 14.3. The van der Waals surface area contributed by atoms with Gasteiger partial charge in [0.2, 0.25) is 0 Å². The monoisotopic (exact) mass is 536 g/mol. The van der Waals surface area contributed by atoms with Gasteiger partial charge in [-0.3, -0.25) is 0 Å². The molecule has 0 saturated heterocycles. The van der Waals surface area contributed by atoms with E-state index in [1.165, 1.54) is 99.4 Å². The van der Waals surface area contributed by atoms with Crippen molar-refractivity contribution in [2.75, 3.05) is 0 Å². The topological polar surface area (TPSA) is 0 Å². The van der Waals surface area contributed by atoms with E-state index in [9.17, 15) is 0 Å². The van der Waals surface area contributed by atoms with Gasteiger partial charge >= 0.3 is 0 Å². The predicted octanol–water partition coefficient (Wildman–Crippen LogP) is 11.9. The second kappa shape index (κ2) is 9.29. The second-order valence-electron chi connectivity index (χ2n) is 12.1. The molecule has 0 aromatic heterocycles. The second-order valence-corrected chi connectivity index (χ2v) is 12.1. The lowest BCUT2D eigenvalue weighted by Crippen LogP contribution is -1.95. The van der Waals surface area contributed by atoms with E-state index in [2.05, 4.69) is 149 Å². The van der Waals surface area contributed by atoms with E-state index >= 15 is 0 Å². The number of fused-ring (bicyclic) bond motifs is 4. The van der Waals surface area contributed by atoms with Crippen molar-refractivity contribution in [1.82, 2.24) is 0 Å². The molecule has 0 atom stereocenters. The average molecular weight is 537 g/mol. The molecule has 1 aliphatic rings. The molecular formula is C42H32. The molecule has 0 spiro atoms. The Bertz CT molecular complexity index is 2070. The van der Waals surface area contributed by atoms with Crippen molar-refractivity contribution in [3.8, 4) is 55.6 Å². The number of benzene rings is 7. The average Bonchev–Trinajstić information content (AvgIpc) is 3.30. The van der Waals surface area contributed by atoms with Crippen LogP contribution in [0.4, 0.5) is 0 Å². The standard InChI is InChI=1S/C42H32/c1-25-19-26(2)22-30(21-25)38-34-13-8-9-14-35(34)39(31-23-27(3)20-28(4)24-31)42-37-18-17-32(29-11-6-5-7-12-29)33-15-10-16-36(40(33)37)41(38)42/h5-24H,1-4H3. The third-order valence-corrected chi connectivity index (χ3v) is 8.90. The van der Waals surface area contributed by atoms with Crippen molar-refractivity contribution < 1.29 is 0 Å². The molecular weight excluding hydrogens is 504 g/mol. The maximum Gasteiger partial charge on any atom is -0.000741 e. The van der Waals surface area contributed by atoms with Crippen LogP contribution in [0.2, 0.25) is 0 Å². The van der Waals surface area contributed by atoms with Gasteiger partial charge in [-0.2, -0.15) is 0 Å². The minimum atomic E-state index is 1.26. The van der Waals surface area contributed by atoms with Gasteiger partial charge in [0.1, 0.15) is 0 Å². The highest BCUT2D eigenvalue weighted by molar-refractivity contribution is 6.28. The summed E-state index contributed by atoms with van der Waals surface area (Å²) in [5.41, 5.74) is 18.4. The van der Waals surface area contributed by atoms with Gasteiger partial charge < -0.3 is 0 Å². The highest BCUT2D eigenvalue weighted by Crippen LogP contribution is 2.58. The van der Waals surface area contributed by atoms with Crippen LogP contribution >= 0.6 is 0 Å². The van der Waals surface area contributed by atoms with E-state index in [0.717, 1.165) is 0 Å². The Balaban J connectivity index is 1.60. The Morgan fingerprint density at radius 1 is 0.310 bits per heavy atom. The zero-order valence-electron chi connectivity index (χ0n) is 24.5. The summed E-state index contributed by atoms with van der Waals surface area (Å²) in [6.07, 6.45) is 0. The number of aryl methyl sites for hydroxylation is 4. The smallest absolute Gasteiger partial charge is 0.000741 e. The van der Waals surface area contributed by atoms with Crippen LogP contribution in [0.1, 0.15) is 22.3 Å². The van der Waals surface area contributed by atoms with Gasteiger partial charge in [0, 0.05) is 0 Å². The minimum absolute atomic E-state index is 1.26. The fourth-order valence-corrected chi connectivity index (χ4v) is 7.51. The zero-order valence-corrected chi connectivity index (χ0v) is 24.5. The summed E-state index contributed by atoms with van der Waals surface area (Å²) in [6, 6.07) is 45.5. The Morgan fingerprint density at radius 2 is 0.762 bits per heavy atom. The van der Waals surface area contributed by atoms with Crippen LogP contribution in [0.3, 0.4) is 0 Å². The van der Waals surface area contributed by atoms with Crippen LogP contribution in [0, 0.1) is 27.7 Å². The molecule has 0 nitrogen and oxygen atoms in total. The third-order valence-electron chi connectivity index (χ3n) is 8.90. The van der Waals surface area contributed by atoms with Crippen LogP contribution in [-0.4, -0.2) is 0 Å². The van der Waals surface area contributed by atoms with Crippen LogP contribution in [0.15, 0.2) is 121 Å². The molecule has 0 heteroatoms. The summed E-state index contributed by atoms with van der Waals surface area (Å²) in [6.45, 7) is 8.85. The zero-order chi connectivity index (χ0) is 28.5. The van der Waals surface area contributed by atoms with Gasteiger partial charge in [-0.1, -0.05) is 144 Å². The Kier molecular flexibility index (Phi) is 5.49. The summed E-state index contributed by atoms with van der Waals surface area (Å²) in [7, 11) is 0. The molecule has 1 aliphatic carbocycles. The predicted molar refractivity (Wildman–Crippen MR) is 181 cm³/mol. The fourth-order valence-electron chi connectivity index (χ4n) is 7.51. The van der Waals surface area contributed by atoms with Crippen molar-refractivity contribution in [3.05, 3.63) is 144 Å². The van der Waals surface area contributed by atoms with Gasteiger partial charge in [-0.25, -0.2) is 0 Å². The first-order chi connectivity index (χ1) is 20.5. The van der Waals surface area contributed by atoms with Gasteiger partial charge in [0.05, 0.1) is 0 Å². The molecule has 7 aromatic rings. The van der Waals surface area contributed by atoms with Crippen LogP contribution in [-0.2, 0) is 0 Å². The van der Waals surface area contributed by atoms with E-state index in [4.69, 9.17) is 0 Å². The van der Waals surface area contributed by atoms with Crippen LogP contribution in [0.25, 0.3) is 77.2 Å². The first-order valence-electron chi connectivity index (χ1n) is 14.9. The van der Waals surface area contributed by atoms with Crippen LogP contribution in [0.5, 0.6) is 0 Å². The SMILES string of the molecule is Cc1cc(C)cc(-c2c3c(c(-c4cc(C)cc(C)c4)c4ccccc24)-c2ccc(-c4ccccc4)c4cccc-3c24)c1. The first kappa shape index (κ1) is 24.8. The lowest BCUT2D eigenvalue weighted by molar-refractivity contribution is 1.38. The van der Waals surface area contributed by atoms with E-state index in [1.54, 1.807) is 0 Å². The molecule has 200 valence electrons. The first-order valence-corrected chi connectivity index (χ1v) is 14.9. The Morgan fingerprint density at radius 3 is 1.31 bits per heavy atom. The molecule has 0 amide bonds. The molecule has 0 radical (unpaired) electrons. The molecule has 0 heterocycles. The largest absolute Gasteiger partial charge is 0.0622 e. The van der Waals surface area contributed by atoms with E-state index in [0.29, 0.717) is 0 Å². The molecule has 0 aliphatic heterocycles. The van der Waals surface area contributed by atoms with E-state index < -0.39 is 0 Å². The number of hydrogen-bond donors (Lipinski definition) is 0. The summed E-state index contributed by atoms with van der Waals surface area (Å²) in [4.78, 5) is 0. The van der Waals surface area contributed by atoms with Crippen molar-refractivity contribution in [1.29, 1.82) is 0 Å². The molecule has 0 saturated carbocycles. The summed E-state index contributed by atoms with van der Waals surface area (Å²) in [5, 5.41) is 5.29. The fraction of sp³-hybridized carbons (Fsp3) is 0.0952. The maximum absolute atomic E-state index is 2.38. The Hall–Kier alpha value is -4.94. The quantitative estimate of drug-likeness (QED) is 0.211. The molecule has 42 heavy (non-hydrogen) atoms. The number of rotatable bonds is 3. The molecule has 7 aromatic carbocycles. The highest BCUT2D eigenvalue weighted by Gasteiger charge is 2.31. The van der Waals surface area contributed by atoms with Crippen LogP contribution < -0.4 is 0 Å². The summed E-state index contributed by atoms with van der Waals surface area (Å²) < 4.78 is 0. The van der Waals surface area contributed by atoms with E-state index in [1.807, 2.05) is 0 Å². The van der Waals surface area contributed by atoms with Crippen molar-refractivity contribution >= 4 is 21.5 Å².